The summed E-state index contributed by atoms with van der Waals surface area (Å²) in [5.74, 6) is -0.388. The highest BCUT2D eigenvalue weighted by molar-refractivity contribution is 5.70. The van der Waals surface area contributed by atoms with E-state index in [2.05, 4.69) is 50.0 Å². The molecule has 0 aliphatic carbocycles. The van der Waals surface area contributed by atoms with Gasteiger partial charge in [0.2, 0.25) is 5.95 Å². The minimum Gasteiger partial charge on any atom is -0.228 e. The smallest absolute Gasteiger partial charge is 0.216 e. The van der Waals surface area contributed by atoms with E-state index in [1.807, 2.05) is 6.92 Å². The van der Waals surface area contributed by atoms with Crippen LogP contribution in [0.15, 0.2) is 30.5 Å². The Balaban J connectivity index is 2.52. The lowest BCUT2D eigenvalue weighted by Gasteiger charge is -2.19. The second kappa shape index (κ2) is 4.76. The molecule has 2 rings (SSSR count). The maximum absolute atomic E-state index is 13.6. The average molecular weight is 257 g/mol. The SMILES string of the molecule is Cc1cnc(F)c(C)c1-c1ccc(C(C)(C)C)cc1. The van der Waals surface area contributed by atoms with Gasteiger partial charge in [-0.1, -0.05) is 45.0 Å². The van der Waals surface area contributed by atoms with E-state index in [0.717, 1.165) is 16.7 Å². The zero-order valence-electron chi connectivity index (χ0n) is 12.2. The summed E-state index contributed by atoms with van der Waals surface area (Å²) in [6, 6.07) is 8.36. The first kappa shape index (κ1) is 13.7. The molecule has 2 heteroatoms. The van der Waals surface area contributed by atoms with Crippen molar-refractivity contribution in [1.29, 1.82) is 0 Å². The van der Waals surface area contributed by atoms with Crippen LogP contribution in [0.4, 0.5) is 4.39 Å². The fraction of sp³-hybridized carbons (Fsp3) is 0.353. The predicted octanol–water partition coefficient (Wildman–Crippen LogP) is 4.80. The molecule has 0 unspecified atom stereocenters. The summed E-state index contributed by atoms with van der Waals surface area (Å²) in [7, 11) is 0. The van der Waals surface area contributed by atoms with Crippen molar-refractivity contribution in [2.75, 3.05) is 0 Å². The maximum Gasteiger partial charge on any atom is 0.216 e. The molecular formula is C17H20FN. The molecule has 0 bridgehead atoms. The number of hydrogen-bond acceptors (Lipinski definition) is 1. The molecular weight excluding hydrogens is 237 g/mol. The molecule has 2 aromatic rings. The highest BCUT2D eigenvalue weighted by atomic mass is 19.1. The second-order valence-electron chi connectivity index (χ2n) is 6.06. The Hall–Kier alpha value is -1.70. The van der Waals surface area contributed by atoms with Crippen LogP contribution in [0, 0.1) is 19.8 Å². The quantitative estimate of drug-likeness (QED) is 0.668. The largest absolute Gasteiger partial charge is 0.228 e. The highest BCUT2D eigenvalue weighted by Crippen LogP contribution is 2.30. The molecule has 0 atom stereocenters. The van der Waals surface area contributed by atoms with Gasteiger partial charge in [0, 0.05) is 11.8 Å². The van der Waals surface area contributed by atoms with Gasteiger partial charge in [-0.15, -0.1) is 0 Å². The summed E-state index contributed by atoms with van der Waals surface area (Å²) in [4.78, 5) is 3.75. The van der Waals surface area contributed by atoms with Crippen LogP contribution in [0.1, 0.15) is 37.5 Å². The van der Waals surface area contributed by atoms with Crippen molar-refractivity contribution in [1.82, 2.24) is 4.98 Å². The molecule has 1 heterocycles. The number of hydrogen-bond donors (Lipinski definition) is 0. The van der Waals surface area contributed by atoms with Gasteiger partial charge in [-0.3, -0.25) is 0 Å². The molecule has 0 spiro atoms. The average Bonchev–Trinajstić information content (AvgIpc) is 2.34. The zero-order valence-corrected chi connectivity index (χ0v) is 12.2. The molecule has 0 N–H and O–H groups in total. The summed E-state index contributed by atoms with van der Waals surface area (Å²) < 4.78 is 13.6. The van der Waals surface area contributed by atoms with Crippen molar-refractivity contribution < 1.29 is 4.39 Å². The van der Waals surface area contributed by atoms with Gasteiger partial charge in [-0.05, 0) is 41.5 Å². The molecule has 0 fully saturated rings. The summed E-state index contributed by atoms with van der Waals surface area (Å²) in [6.45, 7) is 10.3. The first-order valence-electron chi connectivity index (χ1n) is 6.53. The highest BCUT2D eigenvalue weighted by Gasteiger charge is 2.15. The third-order valence-electron chi connectivity index (χ3n) is 3.49. The fourth-order valence-corrected chi connectivity index (χ4v) is 2.29. The van der Waals surface area contributed by atoms with Gasteiger partial charge in [0.15, 0.2) is 0 Å². The Morgan fingerprint density at radius 1 is 1.00 bits per heavy atom. The summed E-state index contributed by atoms with van der Waals surface area (Å²) in [6.07, 6.45) is 1.59. The monoisotopic (exact) mass is 257 g/mol. The first-order chi connectivity index (χ1) is 8.80. The molecule has 0 saturated carbocycles. The van der Waals surface area contributed by atoms with Crippen molar-refractivity contribution in [2.45, 2.75) is 40.0 Å². The molecule has 0 aliphatic rings. The normalized spacial score (nSPS) is 11.7. The number of aryl methyl sites for hydroxylation is 1. The number of benzene rings is 1. The Bertz CT molecular complexity index is 592. The first-order valence-corrected chi connectivity index (χ1v) is 6.53. The summed E-state index contributed by atoms with van der Waals surface area (Å²) >= 11 is 0. The number of nitrogens with zero attached hydrogens (tertiary/aromatic N) is 1. The van der Waals surface area contributed by atoms with Crippen LogP contribution in [-0.2, 0) is 5.41 Å². The van der Waals surface area contributed by atoms with Gasteiger partial charge in [0.1, 0.15) is 0 Å². The fourth-order valence-electron chi connectivity index (χ4n) is 2.29. The van der Waals surface area contributed by atoms with E-state index < -0.39 is 0 Å². The second-order valence-corrected chi connectivity index (χ2v) is 6.06. The topological polar surface area (TPSA) is 12.9 Å². The van der Waals surface area contributed by atoms with Gasteiger partial charge in [-0.2, -0.15) is 4.39 Å². The van der Waals surface area contributed by atoms with Gasteiger partial charge in [0.25, 0.3) is 0 Å². The van der Waals surface area contributed by atoms with Gasteiger partial charge in [-0.25, -0.2) is 4.98 Å². The minimum atomic E-state index is -0.388. The van der Waals surface area contributed by atoms with Crippen molar-refractivity contribution in [3.63, 3.8) is 0 Å². The molecule has 100 valence electrons. The lowest BCUT2D eigenvalue weighted by atomic mass is 9.86. The van der Waals surface area contributed by atoms with Crippen LogP contribution < -0.4 is 0 Å². The van der Waals surface area contributed by atoms with Crippen molar-refractivity contribution in [3.05, 3.63) is 53.1 Å². The van der Waals surface area contributed by atoms with E-state index in [4.69, 9.17) is 0 Å². The molecule has 0 saturated heterocycles. The van der Waals surface area contributed by atoms with Crippen molar-refractivity contribution >= 4 is 0 Å². The number of rotatable bonds is 1. The molecule has 1 nitrogen and oxygen atoms in total. The van der Waals surface area contributed by atoms with Crippen LogP contribution >= 0.6 is 0 Å². The predicted molar refractivity (Wildman–Crippen MR) is 77.8 cm³/mol. The number of halogens is 1. The Labute approximate surface area is 114 Å². The molecule has 0 radical (unpaired) electrons. The molecule has 1 aromatic carbocycles. The van der Waals surface area contributed by atoms with Crippen LogP contribution in [0.25, 0.3) is 11.1 Å². The molecule has 0 amide bonds. The minimum absolute atomic E-state index is 0.131. The molecule has 1 aromatic heterocycles. The van der Waals surface area contributed by atoms with Crippen LogP contribution in [0.5, 0.6) is 0 Å². The molecule has 19 heavy (non-hydrogen) atoms. The van der Waals surface area contributed by atoms with Gasteiger partial charge in [0.05, 0.1) is 0 Å². The van der Waals surface area contributed by atoms with E-state index in [0.29, 0.717) is 5.56 Å². The zero-order chi connectivity index (χ0) is 14.2. The summed E-state index contributed by atoms with van der Waals surface area (Å²) in [5, 5.41) is 0. The molecule has 0 aliphatic heterocycles. The van der Waals surface area contributed by atoms with E-state index in [9.17, 15) is 4.39 Å². The van der Waals surface area contributed by atoms with E-state index in [1.165, 1.54) is 5.56 Å². The Kier molecular flexibility index (Phi) is 3.44. The maximum atomic E-state index is 13.6. The van der Waals surface area contributed by atoms with Crippen LogP contribution in [0.3, 0.4) is 0 Å². The lowest BCUT2D eigenvalue weighted by Crippen LogP contribution is -2.10. The summed E-state index contributed by atoms with van der Waals surface area (Å²) in [5.41, 5.74) is 5.02. The van der Waals surface area contributed by atoms with Crippen molar-refractivity contribution in [3.8, 4) is 11.1 Å². The van der Waals surface area contributed by atoms with Crippen LogP contribution in [-0.4, -0.2) is 4.98 Å². The Morgan fingerprint density at radius 2 is 1.58 bits per heavy atom. The Morgan fingerprint density at radius 3 is 2.11 bits per heavy atom. The van der Waals surface area contributed by atoms with Crippen LogP contribution in [0.2, 0.25) is 0 Å². The third kappa shape index (κ3) is 2.67. The number of aromatic nitrogens is 1. The van der Waals surface area contributed by atoms with E-state index in [1.54, 1.807) is 13.1 Å². The van der Waals surface area contributed by atoms with E-state index in [-0.39, 0.29) is 11.4 Å². The third-order valence-corrected chi connectivity index (χ3v) is 3.49. The van der Waals surface area contributed by atoms with Gasteiger partial charge < -0.3 is 0 Å². The van der Waals surface area contributed by atoms with E-state index >= 15 is 0 Å². The van der Waals surface area contributed by atoms with Gasteiger partial charge >= 0.3 is 0 Å². The standard InChI is InChI=1S/C17H20FN/c1-11-10-19-16(18)12(2)15(11)13-6-8-14(9-7-13)17(3,4)5/h6-10H,1-5H3. The van der Waals surface area contributed by atoms with Crippen molar-refractivity contribution in [2.24, 2.45) is 0 Å². The number of pyridine rings is 1. The lowest BCUT2D eigenvalue weighted by molar-refractivity contribution is 0.574.